The van der Waals surface area contributed by atoms with Crippen LogP contribution in [0.1, 0.15) is 42.6 Å². The SMILES string of the molecule is NC(=O)c1ncc2cc(OC3CCCCC3)ccc2c1O. The molecule has 1 amide bonds. The Morgan fingerprint density at radius 1 is 1.29 bits per heavy atom. The summed E-state index contributed by atoms with van der Waals surface area (Å²) >= 11 is 0. The number of aromatic nitrogens is 1. The summed E-state index contributed by atoms with van der Waals surface area (Å²) in [6, 6.07) is 5.37. The minimum absolute atomic E-state index is 0.108. The van der Waals surface area contributed by atoms with Crippen molar-refractivity contribution >= 4 is 16.7 Å². The molecule has 0 bridgehead atoms. The second kappa shape index (κ2) is 5.60. The lowest BCUT2D eigenvalue weighted by atomic mass is 9.98. The third kappa shape index (κ3) is 2.77. The maximum atomic E-state index is 11.2. The van der Waals surface area contributed by atoms with E-state index in [1.807, 2.05) is 6.07 Å². The van der Waals surface area contributed by atoms with Gasteiger partial charge in [0.15, 0.2) is 11.4 Å². The van der Waals surface area contributed by atoms with Crippen molar-refractivity contribution < 1.29 is 14.6 Å². The van der Waals surface area contributed by atoms with Crippen LogP contribution in [0.4, 0.5) is 0 Å². The molecule has 1 aromatic carbocycles. The molecule has 0 atom stereocenters. The zero-order valence-electron chi connectivity index (χ0n) is 11.7. The second-order valence-electron chi connectivity index (χ2n) is 5.45. The molecule has 0 unspecified atom stereocenters. The van der Waals surface area contributed by atoms with Crippen LogP contribution in [0, 0.1) is 0 Å². The average molecular weight is 286 g/mol. The van der Waals surface area contributed by atoms with Crippen LogP contribution < -0.4 is 10.5 Å². The Morgan fingerprint density at radius 2 is 2.05 bits per heavy atom. The summed E-state index contributed by atoms with van der Waals surface area (Å²) < 4.78 is 5.98. The Morgan fingerprint density at radius 3 is 2.76 bits per heavy atom. The quantitative estimate of drug-likeness (QED) is 0.908. The Kier molecular flexibility index (Phi) is 3.64. The van der Waals surface area contributed by atoms with Crippen molar-refractivity contribution in [1.82, 2.24) is 4.98 Å². The fraction of sp³-hybridized carbons (Fsp3) is 0.375. The second-order valence-corrected chi connectivity index (χ2v) is 5.45. The van der Waals surface area contributed by atoms with Gasteiger partial charge in [-0.05, 0) is 43.9 Å². The van der Waals surface area contributed by atoms with E-state index in [0.717, 1.165) is 24.0 Å². The number of nitrogens with zero attached hydrogens (tertiary/aromatic N) is 1. The van der Waals surface area contributed by atoms with Crippen LogP contribution in [0.25, 0.3) is 10.8 Å². The summed E-state index contributed by atoms with van der Waals surface area (Å²) in [5.41, 5.74) is 5.07. The number of primary amides is 1. The fourth-order valence-electron chi connectivity index (χ4n) is 2.82. The summed E-state index contributed by atoms with van der Waals surface area (Å²) in [6.07, 6.45) is 7.67. The van der Waals surface area contributed by atoms with Crippen LogP contribution >= 0.6 is 0 Å². The van der Waals surface area contributed by atoms with Crippen LogP contribution in [0.2, 0.25) is 0 Å². The molecule has 1 aliphatic rings. The minimum atomic E-state index is -0.739. The molecule has 1 heterocycles. The number of amides is 1. The lowest BCUT2D eigenvalue weighted by Gasteiger charge is -2.23. The number of carbonyl (C=O) groups excluding carboxylic acids is 1. The number of hydrogen-bond acceptors (Lipinski definition) is 4. The molecule has 5 nitrogen and oxygen atoms in total. The predicted molar refractivity (Wildman–Crippen MR) is 79.4 cm³/mol. The summed E-state index contributed by atoms with van der Waals surface area (Å²) in [5, 5.41) is 11.3. The van der Waals surface area contributed by atoms with E-state index in [-0.39, 0.29) is 17.5 Å². The molecule has 1 aromatic heterocycles. The van der Waals surface area contributed by atoms with Crippen LogP contribution in [0.15, 0.2) is 24.4 Å². The maximum absolute atomic E-state index is 11.2. The number of hydrogen-bond donors (Lipinski definition) is 2. The van der Waals surface area contributed by atoms with Crippen LogP contribution in [-0.4, -0.2) is 22.1 Å². The highest BCUT2D eigenvalue weighted by molar-refractivity contribution is 6.00. The van der Waals surface area contributed by atoms with Gasteiger partial charge < -0.3 is 15.6 Å². The van der Waals surface area contributed by atoms with E-state index in [0.29, 0.717) is 5.39 Å². The van der Waals surface area contributed by atoms with Gasteiger partial charge in [0.05, 0.1) is 6.10 Å². The number of benzene rings is 1. The normalized spacial score (nSPS) is 16.0. The first kappa shape index (κ1) is 13.7. The van der Waals surface area contributed by atoms with E-state index in [4.69, 9.17) is 10.5 Å². The third-order valence-electron chi connectivity index (χ3n) is 3.92. The fourth-order valence-corrected chi connectivity index (χ4v) is 2.82. The number of nitrogens with two attached hydrogens (primary N) is 1. The molecular weight excluding hydrogens is 268 g/mol. The average Bonchev–Trinajstić information content (AvgIpc) is 2.48. The number of carbonyl (C=O) groups is 1. The molecule has 5 heteroatoms. The molecule has 21 heavy (non-hydrogen) atoms. The lowest BCUT2D eigenvalue weighted by molar-refractivity contribution is 0.0993. The van der Waals surface area contributed by atoms with E-state index in [1.165, 1.54) is 25.5 Å². The molecular formula is C16H18N2O3. The Bertz CT molecular complexity index is 679. The van der Waals surface area contributed by atoms with E-state index < -0.39 is 5.91 Å². The van der Waals surface area contributed by atoms with Gasteiger partial charge >= 0.3 is 0 Å². The van der Waals surface area contributed by atoms with Gasteiger partial charge in [-0.1, -0.05) is 6.42 Å². The van der Waals surface area contributed by atoms with Crippen LogP contribution in [-0.2, 0) is 0 Å². The molecule has 1 fully saturated rings. The molecule has 3 rings (SSSR count). The van der Waals surface area contributed by atoms with Crippen molar-refractivity contribution in [2.45, 2.75) is 38.2 Å². The van der Waals surface area contributed by atoms with Crippen LogP contribution in [0.3, 0.4) is 0 Å². The molecule has 0 aliphatic heterocycles. The molecule has 1 aliphatic carbocycles. The standard InChI is InChI=1S/C16H18N2O3/c17-16(20)14-15(19)13-7-6-12(8-10(13)9-18-14)21-11-4-2-1-3-5-11/h6-9,11,19H,1-5H2,(H2,17,20). The first-order chi connectivity index (χ1) is 10.1. The molecule has 1 saturated carbocycles. The van der Waals surface area contributed by atoms with Gasteiger partial charge in [-0.3, -0.25) is 4.79 Å². The molecule has 3 N–H and O–H groups in total. The van der Waals surface area contributed by atoms with Gasteiger partial charge in [-0.25, -0.2) is 4.98 Å². The van der Waals surface area contributed by atoms with Crippen molar-refractivity contribution in [3.05, 3.63) is 30.1 Å². The molecule has 110 valence electrons. The minimum Gasteiger partial charge on any atom is -0.505 e. The highest BCUT2D eigenvalue weighted by Crippen LogP contribution is 2.31. The van der Waals surface area contributed by atoms with Gasteiger partial charge in [-0.2, -0.15) is 0 Å². The summed E-state index contributed by atoms with van der Waals surface area (Å²) in [4.78, 5) is 15.1. The molecule has 0 radical (unpaired) electrons. The highest BCUT2D eigenvalue weighted by atomic mass is 16.5. The first-order valence-corrected chi connectivity index (χ1v) is 7.23. The smallest absolute Gasteiger partial charge is 0.271 e. The number of fused-ring (bicyclic) bond motifs is 1. The van der Waals surface area contributed by atoms with Crippen molar-refractivity contribution in [2.24, 2.45) is 5.73 Å². The maximum Gasteiger partial charge on any atom is 0.271 e. The van der Waals surface area contributed by atoms with E-state index >= 15 is 0 Å². The van der Waals surface area contributed by atoms with Crippen LogP contribution in [0.5, 0.6) is 11.5 Å². The Balaban J connectivity index is 1.90. The number of ether oxygens (including phenoxy) is 1. The zero-order valence-corrected chi connectivity index (χ0v) is 11.7. The van der Waals surface area contributed by atoms with Gasteiger partial charge in [0.1, 0.15) is 5.75 Å². The molecule has 2 aromatic rings. The lowest BCUT2D eigenvalue weighted by Crippen LogP contribution is -2.19. The highest BCUT2D eigenvalue weighted by Gasteiger charge is 2.16. The summed E-state index contributed by atoms with van der Waals surface area (Å²) in [7, 11) is 0. The van der Waals surface area contributed by atoms with Gasteiger partial charge in [0.2, 0.25) is 0 Å². The van der Waals surface area contributed by atoms with Crippen molar-refractivity contribution in [1.29, 1.82) is 0 Å². The Labute approximate surface area is 122 Å². The van der Waals surface area contributed by atoms with E-state index in [2.05, 4.69) is 4.98 Å². The molecule has 0 spiro atoms. The molecule has 0 saturated heterocycles. The van der Waals surface area contributed by atoms with Crippen molar-refractivity contribution in [3.63, 3.8) is 0 Å². The first-order valence-electron chi connectivity index (χ1n) is 7.23. The van der Waals surface area contributed by atoms with E-state index in [1.54, 1.807) is 12.1 Å². The Hall–Kier alpha value is -2.30. The number of aromatic hydroxyl groups is 1. The topological polar surface area (TPSA) is 85.4 Å². The van der Waals surface area contributed by atoms with Crippen molar-refractivity contribution in [2.75, 3.05) is 0 Å². The van der Waals surface area contributed by atoms with Gasteiger partial charge in [-0.15, -0.1) is 0 Å². The van der Waals surface area contributed by atoms with Gasteiger partial charge in [0, 0.05) is 17.0 Å². The van der Waals surface area contributed by atoms with Gasteiger partial charge in [0.25, 0.3) is 5.91 Å². The third-order valence-corrected chi connectivity index (χ3v) is 3.92. The summed E-state index contributed by atoms with van der Waals surface area (Å²) in [5.74, 6) is -0.149. The summed E-state index contributed by atoms with van der Waals surface area (Å²) in [6.45, 7) is 0. The zero-order chi connectivity index (χ0) is 14.8. The predicted octanol–water partition coefficient (Wildman–Crippen LogP) is 2.75. The largest absolute Gasteiger partial charge is 0.505 e. The number of rotatable bonds is 3. The van der Waals surface area contributed by atoms with E-state index in [9.17, 15) is 9.90 Å². The monoisotopic (exact) mass is 286 g/mol. The number of pyridine rings is 1. The van der Waals surface area contributed by atoms with Crippen molar-refractivity contribution in [3.8, 4) is 11.5 Å².